The molecule has 0 unspecified atom stereocenters. The van der Waals surface area contributed by atoms with E-state index < -0.39 is 24.5 Å². The fourth-order valence-corrected chi connectivity index (χ4v) is 2.37. The molecule has 1 amide bonds. The largest absolute Gasteiger partial charge is 0.496 e. The third-order valence-electron chi connectivity index (χ3n) is 3.59. The van der Waals surface area contributed by atoms with Gasteiger partial charge in [-0.1, -0.05) is 30.3 Å². The van der Waals surface area contributed by atoms with Gasteiger partial charge in [-0.05, 0) is 25.1 Å². The van der Waals surface area contributed by atoms with Gasteiger partial charge in [0.15, 0.2) is 6.61 Å². The molecule has 0 radical (unpaired) electrons. The molecule has 0 fully saturated rings. The molecule has 0 aromatic heterocycles. The molecule has 27 heavy (non-hydrogen) atoms. The van der Waals surface area contributed by atoms with Gasteiger partial charge in [-0.15, -0.1) is 0 Å². The highest BCUT2D eigenvalue weighted by molar-refractivity contribution is 6.01. The Morgan fingerprint density at radius 3 is 2.41 bits per heavy atom. The third kappa shape index (κ3) is 5.85. The minimum Gasteiger partial charge on any atom is -0.496 e. The van der Waals surface area contributed by atoms with Crippen LogP contribution in [0.3, 0.4) is 0 Å². The minimum absolute atomic E-state index is 0.0172. The molecule has 142 valence electrons. The summed E-state index contributed by atoms with van der Waals surface area (Å²) in [6.07, 6.45) is -0.0172. The second-order valence-electron chi connectivity index (χ2n) is 5.46. The average molecular weight is 371 g/mol. The Kier molecular flexibility index (Phi) is 7.37. The monoisotopic (exact) mass is 371 g/mol. The maximum Gasteiger partial charge on any atom is 0.340 e. The number of benzene rings is 2. The fourth-order valence-electron chi connectivity index (χ4n) is 2.37. The van der Waals surface area contributed by atoms with Crippen LogP contribution in [0.1, 0.15) is 22.8 Å². The molecule has 0 aliphatic heterocycles. The maximum atomic E-state index is 12.1. The number of hydrogen-bond donors (Lipinski definition) is 1. The first-order valence-electron chi connectivity index (χ1n) is 8.38. The van der Waals surface area contributed by atoms with Gasteiger partial charge in [-0.25, -0.2) is 4.79 Å². The SMILES string of the molecule is CCOC(=O)c1ccccc1NC(=O)COC(=O)Cc1ccccc1OC. The molecule has 1 N–H and O–H groups in total. The second-order valence-corrected chi connectivity index (χ2v) is 5.46. The molecule has 7 heteroatoms. The Bertz CT molecular complexity index is 818. The third-order valence-corrected chi connectivity index (χ3v) is 3.59. The average Bonchev–Trinajstić information content (AvgIpc) is 2.67. The van der Waals surface area contributed by atoms with E-state index in [1.54, 1.807) is 55.5 Å². The molecule has 2 aromatic carbocycles. The summed E-state index contributed by atoms with van der Waals surface area (Å²) in [6, 6.07) is 13.5. The van der Waals surface area contributed by atoms with Crippen LogP contribution in [0.2, 0.25) is 0 Å². The molecular weight excluding hydrogens is 350 g/mol. The van der Waals surface area contributed by atoms with E-state index in [2.05, 4.69) is 5.32 Å². The van der Waals surface area contributed by atoms with Crippen molar-refractivity contribution in [1.82, 2.24) is 0 Å². The molecule has 0 bridgehead atoms. The normalized spacial score (nSPS) is 10.0. The Balaban J connectivity index is 1.91. The molecule has 0 aliphatic carbocycles. The van der Waals surface area contributed by atoms with Gasteiger partial charge in [0.2, 0.25) is 0 Å². The van der Waals surface area contributed by atoms with Crippen molar-refractivity contribution in [3.05, 3.63) is 59.7 Å². The molecule has 0 aliphatic rings. The molecule has 7 nitrogen and oxygen atoms in total. The van der Waals surface area contributed by atoms with Crippen molar-refractivity contribution in [3.8, 4) is 5.75 Å². The van der Waals surface area contributed by atoms with E-state index in [0.29, 0.717) is 17.0 Å². The van der Waals surface area contributed by atoms with Gasteiger partial charge in [0.25, 0.3) is 5.91 Å². The summed E-state index contributed by atoms with van der Waals surface area (Å²) in [4.78, 5) is 35.9. The maximum absolute atomic E-state index is 12.1. The van der Waals surface area contributed by atoms with Gasteiger partial charge in [-0.3, -0.25) is 9.59 Å². The molecule has 2 aromatic rings. The van der Waals surface area contributed by atoms with E-state index in [4.69, 9.17) is 14.2 Å². The van der Waals surface area contributed by atoms with Crippen LogP contribution in [0.5, 0.6) is 5.75 Å². The number of esters is 2. The van der Waals surface area contributed by atoms with E-state index in [1.165, 1.54) is 7.11 Å². The van der Waals surface area contributed by atoms with Crippen LogP contribution in [0, 0.1) is 0 Å². The lowest BCUT2D eigenvalue weighted by Crippen LogP contribution is -2.23. The van der Waals surface area contributed by atoms with Gasteiger partial charge >= 0.3 is 11.9 Å². The van der Waals surface area contributed by atoms with Crippen LogP contribution < -0.4 is 10.1 Å². The quantitative estimate of drug-likeness (QED) is 0.717. The number of carbonyl (C=O) groups excluding carboxylic acids is 3. The topological polar surface area (TPSA) is 90.9 Å². The summed E-state index contributed by atoms with van der Waals surface area (Å²) in [6.45, 7) is 1.45. The highest BCUT2D eigenvalue weighted by Crippen LogP contribution is 2.18. The lowest BCUT2D eigenvalue weighted by atomic mass is 10.1. The van der Waals surface area contributed by atoms with Crippen molar-refractivity contribution in [3.63, 3.8) is 0 Å². The van der Waals surface area contributed by atoms with Crippen molar-refractivity contribution in [1.29, 1.82) is 0 Å². The molecule has 0 saturated carbocycles. The zero-order valence-electron chi connectivity index (χ0n) is 15.2. The van der Waals surface area contributed by atoms with Gasteiger partial charge < -0.3 is 19.5 Å². The first-order valence-corrected chi connectivity index (χ1v) is 8.38. The van der Waals surface area contributed by atoms with Crippen LogP contribution >= 0.6 is 0 Å². The number of anilines is 1. The zero-order valence-corrected chi connectivity index (χ0v) is 15.2. The minimum atomic E-state index is -0.562. The predicted molar refractivity (Wildman–Crippen MR) is 98.7 cm³/mol. The van der Waals surface area contributed by atoms with Crippen molar-refractivity contribution in [2.75, 3.05) is 25.6 Å². The zero-order chi connectivity index (χ0) is 19.6. The summed E-state index contributed by atoms with van der Waals surface area (Å²) in [5.41, 5.74) is 1.19. The van der Waals surface area contributed by atoms with Crippen molar-refractivity contribution in [2.24, 2.45) is 0 Å². The number of ether oxygens (including phenoxy) is 3. The Hall–Kier alpha value is -3.35. The van der Waals surface area contributed by atoms with Crippen LogP contribution in [-0.2, 0) is 25.5 Å². The number of nitrogens with one attached hydrogen (secondary N) is 1. The van der Waals surface area contributed by atoms with E-state index in [9.17, 15) is 14.4 Å². The number of methoxy groups -OCH3 is 1. The summed E-state index contributed by atoms with van der Waals surface area (Å²) < 4.78 is 15.1. The highest BCUT2D eigenvalue weighted by atomic mass is 16.5. The van der Waals surface area contributed by atoms with Crippen molar-refractivity contribution >= 4 is 23.5 Å². The molecular formula is C20H21NO6. The van der Waals surface area contributed by atoms with E-state index in [1.807, 2.05) is 0 Å². The number of hydrogen-bond acceptors (Lipinski definition) is 6. The lowest BCUT2D eigenvalue weighted by molar-refractivity contribution is -0.146. The van der Waals surface area contributed by atoms with Crippen molar-refractivity contribution < 1.29 is 28.6 Å². The van der Waals surface area contributed by atoms with E-state index in [0.717, 1.165) is 0 Å². The standard InChI is InChI=1S/C20H21NO6/c1-3-26-20(24)15-9-5-6-10-16(15)21-18(22)13-27-19(23)12-14-8-4-7-11-17(14)25-2/h4-11H,3,12-13H2,1-2H3,(H,21,22). The van der Waals surface area contributed by atoms with E-state index in [-0.39, 0.29) is 18.6 Å². The van der Waals surface area contributed by atoms with Crippen LogP contribution in [0.4, 0.5) is 5.69 Å². The number of amides is 1. The Morgan fingerprint density at radius 1 is 0.963 bits per heavy atom. The molecule has 0 atom stereocenters. The predicted octanol–water partition coefficient (Wildman–Crippen LogP) is 2.60. The first kappa shape index (κ1) is 20.0. The van der Waals surface area contributed by atoms with Crippen LogP contribution in [-0.4, -0.2) is 38.2 Å². The fraction of sp³-hybridized carbons (Fsp3) is 0.250. The van der Waals surface area contributed by atoms with Crippen LogP contribution in [0.15, 0.2) is 48.5 Å². The van der Waals surface area contributed by atoms with Gasteiger partial charge in [-0.2, -0.15) is 0 Å². The van der Waals surface area contributed by atoms with Gasteiger partial charge in [0, 0.05) is 5.56 Å². The van der Waals surface area contributed by atoms with E-state index >= 15 is 0 Å². The van der Waals surface area contributed by atoms with Gasteiger partial charge in [0.1, 0.15) is 5.75 Å². The number of para-hydroxylation sites is 2. The highest BCUT2D eigenvalue weighted by Gasteiger charge is 2.15. The molecule has 0 spiro atoms. The number of rotatable bonds is 8. The summed E-state index contributed by atoms with van der Waals surface area (Å²) in [5, 5.41) is 2.55. The number of carbonyl (C=O) groups is 3. The molecule has 0 heterocycles. The summed E-state index contributed by atoms with van der Waals surface area (Å²) in [5.74, 6) is -1.09. The van der Waals surface area contributed by atoms with Gasteiger partial charge in [0.05, 0.1) is 31.4 Å². The van der Waals surface area contributed by atoms with Crippen LogP contribution in [0.25, 0.3) is 0 Å². The summed E-state index contributed by atoms with van der Waals surface area (Å²) >= 11 is 0. The first-order chi connectivity index (χ1) is 13.0. The Labute approximate surface area is 157 Å². The smallest absolute Gasteiger partial charge is 0.340 e. The lowest BCUT2D eigenvalue weighted by Gasteiger charge is -2.11. The Morgan fingerprint density at radius 2 is 1.67 bits per heavy atom. The second kappa shape index (κ2) is 9.96. The summed E-state index contributed by atoms with van der Waals surface area (Å²) in [7, 11) is 1.51. The van der Waals surface area contributed by atoms with Crippen molar-refractivity contribution in [2.45, 2.75) is 13.3 Å². The molecule has 2 rings (SSSR count). The molecule has 0 saturated heterocycles.